The van der Waals surface area contributed by atoms with E-state index in [0.717, 1.165) is 38.9 Å². The maximum absolute atomic E-state index is 11.7. The van der Waals surface area contributed by atoms with Gasteiger partial charge in [-0.1, -0.05) is 20.8 Å². The topological polar surface area (TPSA) is 58.4 Å². The van der Waals surface area contributed by atoms with Crippen molar-refractivity contribution in [3.05, 3.63) is 0 Å². The van der Waals surface area contributed by atoms with Gasteiger partial charge in [-0.05, 0) is 51.7 Å². The Morgan fingerprint density at radius 1 is 1.33 bits per heavy atom. The van der Waals surface area contributed by atoms with Crippen LogP contribution in [0.15, 0.2) is 0 Å². The van der Waals surface area contributed by atoms with Crippen LogP contribution in [-0.4, -0.2) is 42.0 Å². The molecule has 0 radical (unpaired) electrons. The SMILES string of the molecule is CCCN(CCC)C1CCC(NCC)(C(N)=O)C1. The normalized spacial score (nSPS) is 27.9. The lowest BCUT2D eigenvalue weighted by Crippen LogP contribution is -2.54. The molecule has 1 fully saturated rings. The van der Waals surface area contributed by atoms with Gasteiger partial charge in [0.05, 0.1) is 5.54 Å². The van der Waals surface area contributed by atoms with Crippen molar-refractivity contribution >= 4 is 5.91 Å². The highest BCUT2D eigenvalue weighted by molar-refractivity contribution is 5.85. The number of nitrogens with one attached hydrogen (secondary N) is 1. The molecule has 0 bridgehead atoms. The number of nitrogens with two attached hydrogens (primary N) is 1. The fourth-order valence-corrected chi connectivity index (χ4v) is 3.19. The van der Waals surface area contributed by atoms with Crippen molar-refractivity contribution in [2.45, 2.75) is 64.5 Å². The highest BCUT2D eigenvalue weighted by Crippen LogP contribution is 2.33. The Bertz CT molecular complexity index is 264. The maximum Gasteiger partial charge on any atom is 0.237 e. The molecule has 0 heterocycles. The number of hydrogen-bond acceptors (Lipinski definition) is 3. The molecule has 2 atom stereocenters. The van der Waals surface area contributed by atoms with Gasteiger partial charge in [0.2, 0.25) is 5.91 Å². The predicted molar refractivity (Wildman–Crippen MR) is 75.4 cm³/mol. The highest BCUT2D eigenvalue weighted by Gasteiger charge is 2.44. The molecule has 106 valence electrons. The van der Waals surface area contributed by atoms with E-state index < -0.39 is 5.54 Å². The number of hydrogen-bond donors (Lipinski definition) is 2. The smallest absolute Gasteiger partial charge is 0.237 e. The standard InChI is InChI=1S/C14H29N3O/c1-4-9-17(10-5-2)12-7-8-14(11-12,13(15)18)16-6-3/h12,16H,4-11H2,1-3H3,(H2,15,18). The molecule has 0 aromatic rings. The molecule has 2 unspecified atom stereocenters. The van der Waals surface area contributed by atoms with Crippen molar-refractivity contribution in [1.82, 2.24) is 10.2 Å². The first-order chi connectivity index (χ1) is 8.59. The molecule has 1 saturated carbocycles. The van der Waals surface area contributed by atoms with Crippen molar-refractivity contribution < 1.29 is 4.79 Å². The summed E-state index contributed by atoms with van der Waals surface area (Å²) in [6.45, 7) is 9.51. The van der Waals surface area contributed by atoms with Crippen molar-refractivity contribution in [1.29, 1.82) is 0 Å². The van der Waals surface area contributed by atoms with Crippen LogP contribution >= 0.6 is 0 Å². The van der Waals surface area contributed by atoms with E-state index in [1.165, 1.54) is 12.8 Å². The first kappa shape index (κ1) is 15.4. The third-order valence-electron chi connectivity index (χ3n) is 4.01. The summed E-state index contributed by atoms with van der Waals surface area (Å²) in [4.78, 5) is 14.3. The Kier molecular flexibility index (Phi) is 6.09. The number of rotatable bonds is 8. The predicted octanol–water partition coefficient (Wildman–Crippen LogP) is 1.49. The summed E-state index contributed by atoms with van der Waals surface area (Å²) < 4.78 is 0. The molecule has 4 nitrogen and oxygen atoms in total. The largest absolute Gasteiger partial charge is 0.368 e. The zero-order valence-corrected chi connectivity index (χ0v) is 12.2. The second kappa shape index (κ2) is 7.10. The first-order valence-electron chi connectivity index (χ1n) is 7.38. The molecular weight excluding hydrogens is 226 g/mol. The van der Waals surface area contributed by atoms with Crippen molar-refractivity contribution in [2.75, 3.05) is 19.6 Å². The summed E-state index contributed by atoms with van der Waals surface area (Å²) in [5, 5.41) is 3.33. The van der Waals surface area contributed by atoms with Crippen LogP contribution in [0.2, 0.25) is 0 Å². The van der Waals surface area contributed by atoms with E-state index in [9.17, 15) is 4.79 Å². The van der Waals surface area contributed by atoms with E-state index in [1.54, 1.807) is 0 Å². The lowest BCUT2D eigenvalue weighted by molar-refractivity contribution is -0.124. The quantitative estimate of drug-likeness (QED) is 0.691. The molecular formula is C14H29N3O. The number of primary amides is 1. The molecule has 0 aliphatic heterocycles. The van der Waals surface area contributed by atoms with Crippen LogP contribution in [0, 0.1) is 0 Å². The molecule has 0 spiro atoms. The van der Waals surface area contributed by atoms with Gasteiger partial charge >= 0.3 is 0 Å². The molecule has 1 rings (SSSR count). The van der Waals surface area contributed by atoms with Crippen LogP contribution in [0.1, 0.15) is 52.9 Å². The van der Waals surface area contributed by atoms with Gasteiger partial charge < -0.3 is 16.0 Å². The van der Waals surface area contributed by atoms with Gasteiger partial charge in [0.15, 0.2) is 0 Å². The van der Waals surface area contributed by atoms with Crippen LogP contribution in [0.5, 0.6) is 0 Å². The van der Waals surface area contributed by atoms with Crippen LogP contribution in [-0.2, 0) is 4.79 Å². The van der Waals surface area contributed by atoms with Gasteiger partial charge in [0.1, 0.15) is 0 Å². The second-order valence-electron chi connectivity index (χ2n) is 5.41. The zero-order chi connectivity index (χ0) is 13.6. The van der Waals surface area contributed by atoms with Crippen LogP contribution < -0.4 is 11.1 Å². The van der Waals surface area contributed by atoms with Gasteiger partial charge in [-0.2, -0.15) is 0 Å². The minimum absolute atomic E-state index is 0.181. The number of amides is 1. The van der Waals surface area contributed by atoms with Crippen LogP contribution in [0.4, 0.5) is 0 Å². The summed E-state index contributed by atoms with van der Waals surface area (Å²) in [6.07, 6.45) is 5.17. The zero-order valence-electron chi connectivity index (χ0n) is 12.2. The lowest BCUT2D eigenvalue weighted by Gasteiger charge is -2.31. The average Bonchev–Trinajstić information content (AvgIpc) is 2.75. The van der Waals surface area contributed by atoms with E-state index in [4.69, 9.17) is 5.73 Å². The van der Waals surface area contributed by atoms with Gasteiger partial charge in [-0.3, -0.25) is 4.79 Å². The molecule has 1 aliphatic rings. The summed E-state index contributed by atoms with van der Waals surface area (Å²) in [5.41, 5.74) is 5.15. The molecule has 18 heavy (non-hydrogen) atoms. The Hall–Kier alpha value is -0.610. The third kappa shape index (κ3) is 3.45. The Labute approximate surface area is 111 Å². The van der Waals surface area contributed by atoms with Crippen molar-refractivity contribution in [3.63, 3.8) is 0 Å². The van der Waals surface area contributed by atoms with E-state index in [1.807, 2.05) is 6.92 Å². The Morgan fingerprint density at radius 3 is 2.39 bits per heavy atom. The number of carbonyl (C=O) groups excluding carboxylic acids is 1. The summed E-state index contributed by atoms with van der Waals surface area (Å²) >= 11 is 0. The lowest BCUT2D eigenvalue weighted by atomic mass is 9.96. The van der Waals surface area contributed by atoms with Gasteiger partial charge in [0.25, 0.3) is 0 Å². The van der Waals surface area contributed by atoms with E-state index in [0.29, 0.717) is 6.04 Å². The van der Waals surface area contributed by atoms with E-state index in [-0.39, 0.29) is 5.91 Å². The molecule has 0 saturated heterocycles. The fraction of sp³-hybridized carbons (Fsp3) is 0.929. The Balaban J connectivity index is 2.68. The molecule has 3 N–H and O–H groups in total. The molecule has 1 amide bonds. The number of nitrogens with zero attached hydrogens (tertiary/aromatic N) is 1. The summed E-state index contributed by atoms with van der Waals surface area (Å²) in [6, 6.07) is 0.511. The highest BCUT2D eigenvalue weighted by atomic mass is 16.1. The van der Waals surface area contributed by atoms with Gasteiger partial charge in [-0.25, -0.2) is 0 Å². The maximum atomic E-state index is 11.7. The van der Waals surface area contributed by atoms with Crippen LogP contribution in [0.25, 0.3) is 0 Å². The summed E-state index contributed by atoms with van der Waals surface area (Å²) in [5.74, 6) is -0.181. The van der Waals surface area contributed by atoms with Gasteiger partial charge in [-0.15, -0.1) is 0 Å². The van der Waals surface area contributed by atoms with Gasteiger partial charge in [0, 0.05) is 6.04 Å². The van der Waals surface area contributed by atoms with E-state index in [2.05, 4.69) is 24.1 Å². The third-order valence-corrected chi connectivity index (χ3v) is 4.01. The van der Waals surface area contributed by atoms with Crippen molar-refractivity contribution in [3.8, 4) is 0 Å². The first-order valence-corrected chi connectivity index (χ1v) is 7.38. The molecule has 1 aliphatic carbocycles. The minimum atomic E-state index is -0.459. The van der Waals surface area contributed by atoms with Crippen molar-refractivity contribution in [2.24, 2.45) is 5.73 Å². The molecule has 0 aromatic heterocycles. The second-order valence-corrected chi connectivity index (χ2v) is 5.41. The minimum Gasteiger partial charge on any atom is -0.368 e. The Morgan fingerprint density at radius 2 is 1.94 bits per heavy atom. The fourth-order valence-electron chi connectivity index (χ4n) is 3.19. The monoisotopic (exact) mass is 255 g/mol. The number of carbonyl (C=O) groups is 1. The van der Waals surface area contributed by atoms with E-state index >= 15 is 0 Å². The van der Waals surface area contributed by atoms with Crippen LogP contribution in [0.3, 0.4) is 0 Å². The number of likely N-dealkylation sites (N-methyl/N-ethyl adjacent to an activating group) is 1. The average molecular weight is 255 g/mol. The summed E-state index contributed by atoms with van der Waals surface area (Å²) in [7, 11) is 0. The molecule has 4 heteroatoms. The molecule has 0 aromatic carbocycles.